The molecule has 6 nitrogen and oxygen atoms in total. The number of sulfonamides is 1. The SMILES string of the molecule is CS(=O)(=O)N(Cc1ccccc1)c1ccc(C(=O)NN=Cc2c(F)cccc2Cl)cc1. The molecule has 0 spiro atoms. The Bertz CT molecular complexity index is 1180. The Balaban J connectivity index is 1.73. The molecule has 3 rings (SSSR count). The fourth-order valence-electron chi connectivity index (χ4n) is 2.78. The minimum atomic E-state index is -3.54. The van der Waals surface area contributed by atoms with Crippen LogP contribution < -0.4 is 9.73 Å². The van der Waals surface area contributed by atoms with Crippen LogP contribution in [0.5, 0.6) is 0 Å². The fourth-order valence-corrected chi connectivity index (χ4v) is 3.88. The summed E-state index contributed by atoms with van der Waals surface area (Å²) in [6.07, 6.45) is 2.24. The summed E-state index contributed by atoms with van der Waals surface area (Å²) < 4.78 is 39.5. The van der Waals surface area contributed by atoms with Gasteiger partial charge in [0.2, 0.25) is 10.0 Å². The summed E-state index contributed by atoms with van der Waals surface area (Å²) in [5.74, 6) is -1.10. The Morgan fingerprint density at radius 2 is 1.74 bits per heavy atom. The number of rotatable bonds is 7. The zero-order valence-corrected chi connectivity index (χ0v) is 18.1. The van der Waals surface area contributed by atoms with Crippen molar-refractivity contribution in [3.05, 3.63) is 100 Å². The van der Waals surface area contributed by atoms with Crippen molar-refractivity contribution in [1.82, 2.24) is 5.43 Å². The predicted molar refractivity (Wildman–Crippen MR) is 120 cm³/mol. The highest BCUT2D eigenvalue weighted by Gasteiger charge is 2.18. The van der Waals surface area contributed by atoms with Crippen LogP contribution in [-0.4, -0.2) is 26.8 Å². The standard InChI is InChI=1S/C22H19ClFN3O3S/c1-31(29,30)27(15-16-6-3-2-4-7-16)18-12-10-17(11-13-18)22(28)26-25-14-19-20(23)8-5-9-21(19)24/h2-14H,15H2,1H3,(H,26,28). The molecule has 0 aliphatic rings. The van der Waals surface area contributed by atoms with E-state index in [9.17, 15) is 17.6 Å². The van der Waals surface area contributed by atoms with Crippen LogP contribution in [0.15, 0.2) is 77.9 Å². The Morgan fingerprint density at radius 1 is 1.06 bits per heavy atom. The van der Waals surface area contributed by atoms with Crippen LogP contribution in [0.25, 0.3) is 0 Å². The maximum atomic E-state index is 13.7. The molecule has 0 heterocycles. The van der Waals surface area contributed by atoms with Crippen LogP contribution in [0.2, 0.25) is 5.02 Å². The summed E-state index contributed by atoms with van der Waals surface area (Å²) in [4.78, 5) is 12.3. The van der Waals surface area contributed by atoms with Crippen LogP contribution in [-0.2, 0) is 16.6 Å². The second-order valence-electron chi connectivity index (χ2n) is 6.64. The van der Waals surface area contributed by atoms with E-state index in [1.54, 1.807) is 0 Å². The van der Waals surface area contributed by atoms with Gasteiger partial charge in [-0.1, -0.05) is 48.0 Å². The number of hydrogen-bond donors (Lipinski definition) is 1. The van der Waals surface area contributed by atoms with E-state index in [0.29, 0.717) is 5.69 Å². The van der Waals surface area contributed by atoms with E-state index < -0.39 is 21.7 Å². The molecule has 31 heavy (non-hydrogen) atoms. The number of halogens is 2. The number of carbonyl (C=O) groups is 1. The third-order valence-corrected chi connectivity index (χ3v) is 5.82. The van der Waals surface area contributed by atoms with Gasteiger partial charge in [-0.2, -0.15) is 5.10 Å². The Kier molecular flexibility index (Phi) is 7.04. The summed E-state index contributed by atoms with van der Waals surface area (Å²) in [6.45, 7) is 0.166. The van der Waals surface area contributed by atoms with E-state index in [-0.39, 0.29) is 22.7 Å². The van der Waals surface area contributed by atoms with Crippen LogP contribution in [0.1, 0.15) is 21.5 Å². The fraction of sp³-hybridized carbons (Fsp3) is 0.0909. The summed E-state index contributed by atoms with van der Waals surface area (Å²) in [5.41, 5.74) is 3.86. The summed E-state index contributed by atoms with van der Waals surface area (Å²) >= 11 is 5.91. The van der Waals surface area contributed by atoms with Gasteiger partial charge in [0.1, 0.15) is 5.82 Å². The highest BCUT2D eigenvalue weighted by atomic mass is 35.5. The highest BCUT2D eigenvalue weighted by Crippen LogP contribution is 2.21. The van der Waals surface area contributed by atoms with Crippen molar-refractivity contribution in [2.75, 3.05) is 10.6 Å². The predicted octanol–water partition coefficient (Wildman–Crippen LogP) is 4.21. The summed E-state index contributed by atoms with van der Waals surface area (Å²) in [5, 5.41) is 3.91. The van der Waals surface area contributed by atoms with E-state index in [1.165, 1.54) is 46.8 Å². The molecule has 0 unspecified atom stereocenters. The molecule has 0 saturated carbocycles. The molecule has 160 valence electrons. The van der Waals surface area contributed by atoms with Crippen molar-refractivity contribution in [3.63, 3.8) is 0 Å². The van der Waals surface area contributed by atoms with Gasteiger partial charge in [-0.15, -0.1) is 0 Å². The van der Waals surface area contributed by atoms with E-state index in [4.69, 9.17) is 11.6 Å². The molecule has 0 atom stereocenters. The van der Waals surface area contributed by atoms with E-state index in [0.717, 1.165) is 18.0 Å². The number of benzene rings is 3. The number of anilines is 1. The average molecular weight is 460 g/mol. The quantitative estimate of drug-likeness (QED) is 0.424. The topological polar surface area (TPSA) is 78.8 Å². The molecular formula is C22H19ClFN3O3S. The molecule has 0 radical (unpaired) electrons. The van der Waals surface area contributed by atoms with Crippen molar-refractivity contribution in [1.29, 1.82) is 0 Å². The summed E-state index contributed by atoms with van der Waals surface area (Å²) in [7, 11) is -3.54. The van der Waals surface area contributed by atoms with Crippen LogP contribution in [0.3, 0.4) is 0 Å². The molecule has 0 aliphatic carbocycles. The van der Waals surface area contributed by atoms with Gasteiger partial charge in [0.05, 0.1) is 29.7 Å². The van der Waals surface area contributed by atoms with Crippen molar-refractivity contribution in [3.8, 4) is 0 Å². The third-order valence-electron chi connectivity index (χ3n) is 4.35. The minimum Gasteiger partial charge on any atom is -0.267 e. The zero-order chi connectivity index (χ0) is 22.4. The molecule has 0 aromatic heterocycles. The highest BCUT2D eigenvalue weighted by molar-refractivity contribution is 7.92. The lowest BCUT2D eigenvalue weighted by Crippen LogP contribution is -2.29. The minimum absolute atomic E-state index is 0.0597. The molecule has 0 fully saturated rings. The molecule has 1 amide bonds. The lowest BCUT2D eigenvalue weighted by Gasteiger charge is -2.22. The van der Waals surface area contributed by atoms with Crippen LogP contribution in [0, 0.1) is 5.82 Å². The Morgan fingerprint density at radius 3 is 2.35 bits per heavy atom. The second-order valence-corrected chi connectivity index (χ2v) is 8.95. The lowest BCUT2D eigenvalue weighted by molar-refractivity contribution is 0.0955. The molecule has 9 heteroatoms. The van der Waals surface area contributed by atoms with Gasteiger partial charge < -0.3 is 0 Å². The largest absolute Gasteiger partial charge is 0.271 e. The molecule has 1 N–H and O–H groups in total. The first-order chi connectivity index (χ1) is 14.8. The van der Waals surface area contributed by atoms with Crippen molar-refractivity contribution in [2.24, 2.45) is 5.10 Å². The first-order valence-electron chi connectivity index (χ1n) is 9.15. The van der Waals surface area contributed by atoms with E-state index in [2.05, 4.69) is 10.5 Å². The lowest BCUT2D eigenvalue weighted by atomic mass is 10.2. The molecule has 3 aromatic rings. The zero-order valence-electron chi connectivity index (χ0n) is 16.5. The molecule has 0 saturated heterocycles. The van der Waals surface area contributed by atoms with E-state index in [1.807, 2.05) is 30.3 Å². The number of nitrogens with one attached hydrogen (secondary N) is 1. The molecule has 0 bridgehead atoms. The first kappa shape index (κ1) is 22.5. The number of carbonyl (C=O) groups excluding carboxylic acids is 1. The second kappa shape index (κ2) is 9.72. The van der Waals surface area contributed by atoms with Crippen molar-refractivity contribution < 1.29 is 17.6 Å². The molecular weight excluding hydrogens is 441 g/mol. The van der Waals surface area contributed by atoms with Gasteiger partial charge in [0.15, 0.2) is 0 Å². The van der Waals surface area contributed by atoms with Gasteiger partial charge in [-0.25, -0.2) is 18.2 Å². The molecule has 3 aromatic carbocycles. The third kappa shape index (κ3) is 5.90. The van der Waals surface area contributed by atoms with Crippen molar-refractivity contribution in [2.45, 2.75) is 6.54 Å². The number of nitrogens with zero attached hydrogens (tertiary/aromatic N) is 2. The monoisotopic (exact) mass is 459 g/mol. The average Bonchev–Trinajstić information content (AvgIpc) is 2.74. The smallest absolute Gasteiger partial charge is 0.267 e. The Labute approximate surface area is 185 Å². The van der Waals surface area contributed by atoms with Crippen LogP contribution >= 0.6 is 11.6 Å². The van der Waals surface area contributed by atoms with Gasteiger partial charge in [0, 0.05) is 11.1 Å². The maximum absolute atomic E-state index is 13.7. The van der Waals surface area contributed by atoms with E-state index >= 15 is 0 Å². The summed E-state index contributed by atoms with van der Waals surface area (Å²) in [6, 6.07) is 19.4. The van der Waals surface area contributed by atoms with Crippen molar-refractivity contribution >= 4 is 39.4 Å². The van der Waals surface area contributed by atoms with Gasteiger partial charge >= 0.3 is 0 Å². The Hall–Kier alpha value is -3.23. The van der Waals surface area contributed by atoms with Crippen LogP contribution in [0.4, 0.5) is 10.1 Å². The first-order valence-corrected chi connectivity index (χ1v) is 11.4. The number of hydrogen-bond acceptors (Lipinski definition) is 4. The number of amides is 1. The van der Waals surface area contributed by atoms with Gasteiger partial charge in [0.25, 0.3) is 5.91 Å². The number of hydrazone groups is 1. The molecule has 0 aliphatic heterocycles. The van der Waals surface area contributed by atoms with Gasteiger partial charge in [-0.3, -0.25) is 9.10 Å². The normalized spacial score (nSPS) is 11.5. The van der Waals surface area contributed by atoms with Gasteiger partial charge in [-0.05, 0) is 42.0 Å². The maximum Gasteiger partial charge on any atom is 0.271 e.